The normalized spacial score (nSPS) is 17.0. The maximum Gasteiger partial charge on any atom is 0.0478 e. The van der Waals surface area contributed by atoms with Gasteiger partial charge in [-0.1, -0.05) is 0 Å². The maximum absolute atomic E-state index is 4.14. The minimum atomic E-state index is 0.959. The molecule has 0 unspecified atom stereocenters. The first-order valence-corrected chi connectivity index (χ1v) is 7.37. The minimum Gasteiger partial charge on any atom is -0.168 e. The molecule has 0 spiro atoms. The third-order valence-electron chi connectivity index (χ3n) is 1.33. The van der Waals surface area contributed by atoms with Crippen LogP contribution in [-0.2, 0) is 0 Å². The molecule has 0 bridgehead atoms. The third kappa shape index (κ3) is 4.65. The van der Waals surface area contributed by atoms with E-state index in [4.69, 9.17) is 0 Å². The van der Waals surface area contributed by atoms with E-state index in [1.54, 1.807) is 4.91 Å². The van der Waals surface area contributed by atoms with Gasteiger partial charge < -0.3 is 0 Å². The lowest BCUT2D eigenvalue weighted by atomic mass is 10.3. The summed E-state index contributed by atoms with van der Waals surface area (Å²) < 4.78 is 0. The predicted molar refractivity (Wildman–Crippen MR) is 63.7 cm³/mol. The van der Waals surface area contributed by atoms with Crippen molar-refractivity contribution in [3.05, 3.63) is 10.3 Å². The number of hydrogen-bond donors (Lipinski definition) is 1. The van der Waals surface area contributed by atoms with Crippen LogP contribution in [0.3, 0.4) is 0 Å². The number of hydrogen-bond acceptors (Lipinski definition) is 4. The molecule has 0 nitrogen and oxygen atoms in total. The third-order valence-corrected chi connectivity index (χ3v) is 4.95. The van der Waals surface area contributed by atoms with E-state index in [0.29, 0.717) is 0 Å². The van der Waals surface area contributed by atoms with Gasteiger partial charge >= 0.3 is 0 Å². The van der Waals surface area contributed by atoms with Crippen molar-refractivity contribution < 1.29 is 0 Å². The van der Waals surface area contributed by atoms with Crippen molar-refractivity contribution in [3.63, 3.8) is 0 Å². The number of thiol groups is 1. The van der Waals surface area contributed by atoms with Crippen LogP contribution in [0.4, 0.5) is 0 Å². The summed E-state index contributed by atoms with van der Waals surface area (Å²) in [5, 5.41) is 4.49. The highest BCUT2D eigenvalue weighted by atomic mass is 32.2. The van der Waals surface area contributed by atoms with Crippen LogP contribution in [0.1, 0.15) is 12.8 Å². The highest BCUT2D eigenvalue weighted by Gasteiger charge is 2.04. The average Bonchev–Trinajstić information content (AvgIpc) is 2.50. The zero-order chi connectivity index (χ0) is 7.94. The molecule has 0 fully saturated rings. The van der Waals surface area contributed by atoms with Crippen molar-refractivity contribution in [3.8, 4) is 0 Å². The highest BCUT2D eigenvalue weighted by molar-refractivity contribution is 8.22. The fourth-order valence-corrected chi connectivity index (χ4v) is 3.90. The Morgan fingerprint density at radius 2 is 2.55 bits per heavy atom. The summed E-state index contributed by atoms with van der Waals surface area (Å²) in [7, 11) is 0. The fourth-order valence-electron chi connectivity index (χ4n) is 0.815. The Morgan fingerprint density at radius 1 is 1.64 bits per heavy atom. The van der Waals surface area contributed by atoms with Gasteiger partial charge in [0, 0.05) is 10.2 Å². The van der Waals surface area contributed by atoms with Gasteiger partial charge in [-0.05, 0) is 28.9 Å². The van der Waals surface area contributed by atoms with Crippen LogP contribution in [0.2, 0.25) is 0 Å². The van der Waals surface area contributed by atoms with Crippen molar-refractivity contribution in [2.45, 2.75) is 12.8 Å². The standard InChI is InChI=1S/C7H12S4/c8-5-9-3-1-2-7-4-10-6-11-7/h4,8H,1-3,5-6H2. The molecular formula is C7H12S4. The summed E-state index contributed by atoms with van der Waals surface area (Å²) >= 11 is 9.98. The first kappa shape index (κ1) is 10.2. The molecule has 1 aliphatic heterocycles. The fraction of sp³-hybridized carbons (Fsp3) is 0.714. The summed E-state index contributed by atoms with van der Waals surface area (Å²) in [5.74, 6) is 1.26. The molecule has 1 rings (SSSR count). The minimum absolute atomic E-state index is 0.959. The van der Waals surface area contributed by atoms with Gasteiger partial charge in [0.05, 0.1) is 0 Å². The maximum atomic E-state index is 4.14. The molecule has 0 aromatic heterocycles. The van der Waals surface area contributed by atoms with Crippen molar-refractivity contribution in [1.29, 1.82) is 0 Å². The lowest BCUT2D eigenvalue weighted by Crippen LogP contribution is -1.80. The summed E-state index contributed by atoms with van der Waals surface area (Å²) in [6, 6.07) is 0. The highest BCUT2D eigenvalue weighted by Crippen LogP contribution is 2.34. The second-order valence-corrected chi connectivity index (χ2v) is 6.33. The lowest BCUT2D eigenvalue weighted by Gasteiger charge is -1.98. The molecular weight excluding hydrogens is 212 g/mol. The number of allylic oxidation sites excluding steroid dienone is 1. The Bertz CT molecular complexity index is 132. The van der Waals surface area contributed by atoms with Gasteiger partial charge in [0.15, 0.2) is 0 Å². The second-order valence-electron chi connectivity index (χ2n) is 2.15. The Hall–Kier alpha value is 1.14. The van der Waals surface area contributed by atoms with E-state index in [2.05, 4.69) is 18.0 Å². The Balaban J connectivity index is 1.94. The summed E-state index contributed by atoms with van der Waals surface area (Å²) in [6.45, 7) is 0. The van der Waals surface area contributed by atoms with E-state index in [1.165, 1.54) is 23.7 Å². The van der Waals surface area contributed by atoms with Gasteiger partial charge in [0.2, 0.25) is 0 Å². The molecule has 64 valence electrons. The molecule has 0 N–H and O–H groups in total. The van der Waals surface area contributed by atoms with Crippen molar-refractivity contribution in [2.75, 3.05) is 15.9 Å². The van der Waals surface area contributed by atoms with E-state index in [9.17, 15) is 0 Å². The molecule has 0 atom stereocenters. The Labute approximate surface area is 86.8 Å². The molecule has 4 heteroatoms. The summed E-state index contributed by atoms with van der Waals surface area (Å²) in [6.07, 6.45) is 2.59. The molecule has 0 aromatic rings. The average molecular weight is 224 g/mol. The molecule has 0 saturated heterocycles. The molecule has 0 amide bonds. The summed E-state index contributed by atoms with van der Waals surface area (Å²) in [4.78, 5) is 1.58. The molecule has 1 heterocycles. The van der Waals surface area contributed by atoms with Gasteiger partial charge in [0.25, 0.3) is 0 Å². The molecule has 0 radical (unpaired) electrons. The lowest BCUT2D eigenvalue weighted by molar-refractivity contribution is 0.964. The molecule has 1 aliphatic rings. The Kier molecular flexibility index (Phi) is 6.16. The Morgan fingerprint density at radius 3 is 3.18 bits per heavy atom. The van der Waals surface area contributed by atoms with Crippen LogP contribution >= 0.6 is 47.9 Å². The van der Waals surface area contributed by atoms with Gasteiger partial charge in [-0.25, -0.2) is 0 Å². The van der Waals surface area contributed by atoms with Crippen molar-refractivity contribution in [2.24, 2.45) is 0 Å². The van der Waals surface area contributed by atoms with E-state index in [0.717, 1.165) is 5.08 Å². The molecule has 11 heavy (non-hydrogen) atoms. The van der Waals surface area contributed by atoms with Crippen LogP contribution < -0.4 is 0 Å². The van der Waals surface area contributed by atoms with Crippen LogP contribution in [-0.4, -0.2) is 15.9 Å². The van der Waals surface area contributed by atoms with Crippen LogP contribution in [0, 0.1) is 0 Å². The van der Waals surface area contributed by atoms with Crippen LogP contribution in [0.5, 0.6) is 0 Å². The van der Waals surface area contributed by atoms with Gasteiger partial charge in [0.1, 0.15) is 0 Å². The van der Waals surface area contributed by atoms with Crippen LogP contribution in [0.25, 0.3) is 0 Å². The quantitative estimate of drug-likeness (QED) is 0.430. The zero-order valence-electron chi connectivity index (χ0n) is 6.28. The first-order valence-electron chi connectivity index (χ1n) is 3.55. The van der Waals surface area contributed by atoms with Crippen molar-refractivity contribution in [1.82, 2.24) is 0 Å². The SMILES string of the molecule is SCSCCCC1=CSCS1. The number of thioether (sulfide) groups is 3. The van der Waals surface area contributed by atoms with E-state index in [1.807, 2.05) is 35.3 Å². The predicted octanol–water partition coefficient (Wildman–Crippen LogP) is 3.67. The van der Waals surface area contributed by atoms with Gasteiger partial charge in [-0.3, -0.25) is 0 Å². The van der Waals surface area contributed by atoms with E-state index < -0.39 is 0 Å². The zero-order valence-corrected chi connectivity index (χ0v) is 9.63. The molecule has 0 aromatic carbocycles. The van der Waals surface area contributed by atoms with Gasteiger partial charge in [-0.15, -0.1) is 23.5 Å². The van der Waals surface area contributed by atoms with Crippen molar-refractivity contribution >= 4 is 47.9 Å². The monoisotopic (exact) mass is 224 g/mol. The van der Waals surface area contributed by atoms with E-state index >= 15 is 0 Å². The first-order chi connectivity index (χ1) is 5.43. The van der Waals surface area contributed by atoms with E-state index in [-0.39, 0.29) is 0 Å². The molecule has 0 saturated carbocycles. The largest absolute Gasteiger partial charge is 0.168 e. The molecule has 0 aliphatic carbocycles. The topological polar surface area (TPSA) is 0 Å². The van der Waals surface area contributed by atoms with Gasteiger partial charge in [-0.2, -0.15) is 24.4 Å². The smallest absolute Gasteiger partial charge is 0.0478 e. The summed E-state index contributed by atoms with van der Waals surface area (Å²) in [5.41, 5.74) is 0. The number of rotatable bonds is 5. The van der Waals surface area contributed by atoms with Crippen LogP contribution in [0.15, 0.2) is 10.3 Å². The second kappa shape index (κ2) is 6.63.